The van der Waals surface area contributed by atoms with Crippen LogP contribution in [-0.2, 0) is 9.53 Å². The van der Waals surface area contributed by atoms with Gasteiger partial charge in [0.15, 0.2) is 0 Å². The van der Waals surface area contributed by atoms with Crippen LogP contribution in [0.15, 0.2) is 30.3 Å². The summed E-state index contributed by atoms with van der Waals surface area (Å²) < 4.78 is 5.46. The van der Waals surface area contributed by atoms with Crippen LogP contribution < -0.4 is 0 Å². The molecular formula is C16H21NO2. The van der Waals surface area contributed by atoms with Gasteiger partial charge in [0.2, 0.25) is 0 Å². The molecule has 0 radical (unpaired) electrons. The average Bonchev–Trinajstić information content (AvgIpc) is 2.36. The van der Waals surface area contributed by atoms with Gasteiger partial charge >= 0.3 is 5.97 Å². The number of nitrogens with zero attached hydrogens (tertiary/aromatic N) is 1. The van der Waals surface area contributed by atoms with Gasteiger partial charge in [-0.05, 0) is 24.3 Å². The molecule has 0 saturated carbocycles. The monoisotopic (exact) mass is 259 g/mol. The van der Waals surface area contributed by atoms with Crippen LogP contribution in [-0.4, -0.2) is 29.6 Å². The second kappa shape index (κ2) is 4.34. The van der Waals surface area contributed by atoms with Crippen LogP contribution in [0.25, 0.3) is 0 Å². The third-order valence-electron chi connectivity index (χ3n) is 4.53. The summed E-state index contributed by atoms with van der Waals surface area (Å²) in [6.07, 6.45) is 1.03. The molecule has 2 bridgehead atoms. The zero-order chi connectivity index (χ0) is 13.6. The fourth-order valence-corrected chi connectivity index (χ4v) is 3.62. The number of hydrogen-bond acceptors (Lipinski definition) is 3. The molecule has 3 heteroatoms. The van der Waals surface area contributed by atoms with Crippen molar-refractivity contribution >= 4 is 5.97 Å². The van der Waals surface area contributed by atoms with E-state index in [9.17, 15) is 4.79 Å². The minimum atomic E-state index is -0.118. The summed E-state index contributed by atoms with van der Waals surface area (Å²) >= 11 is 0. The van der Waals surface area contributed by atoms with E-state index in [4.69, 9.17) is 4.74 Å². The van der Waals surface area contributed by atoms with Gasteiger partial charge in [-0.15, -0.1) is 0 Å². The molecule has 1 aromatic rings. The fraction of sp³-hybridized carbons (Fsp3) is 0.562. The molecule has 3 saturated heterocycles. The Hall–Kier alpha value is -1.35. The van der Waals surface area contributed by atoms with Crippen molar-refractivity contribution < 1.29 is 9.53 Å². The Labute approximate surface area is 114 Å². The first kappa shape index (κ1) is 12.7. The van der Waals surface area contributed by atoms with Crippen LogP contribution in [0.3, 0.4) is 0 Å². The molecule has 1 aromatic carbocycles. The molecule has 19 heavy (non-hydrogen) atoms. The van der Waals surface area contributed by atoms with E-state index in [1.165, 1.54) is 5.56 Å². The number of hydrogen-bond donors (Lipinski definition) is 0. The molecular weight excluding hydrogens is 238 g/mol. The van der Waals surface area contributed by atoms with E-state index in [2.05, 4.69) is 49.9 Å². The van der Waals surface area contributed by atoms with E-state index in [-0.39, 0.29) is 29.6 Å². The zero-order valence-corrected chi connectivity index (χ0v) is 11.8. The number of morpholine rings is 1. The van der Waals surface area contributed by atoms with Gasteiger partial charge in [-0.1, -0.05) is 44.2 Å². The summed E-state index contributed by atoms with van der Waals surface area (Å²) in [5.74, 6) is -0.0460. The van der Waals surface area contributed by atoms with Gasteiger partial charge in [0.05, 0.1) is 0 Å². The topological polar surface area (TPSA) is 29.5 Å². The van der Waals surface area contributed by atoms with E-state index in [0.717, 1.165) is 13.0 Å². The van der Waals surface area contributed by atoms with Gasteiger partial charge < -0.3 is 4.74 Å². The molecule has 3 atom stereocenters. The highest BCUT2D eigenvalue weighted by molar-refractivity contribution is 5.79. The highest BCUT2D eigenvalue weighted by atomic mass is 16.6. The van der Waals surface area contributed by atoms with Crippen LogP contribution in [0.1, 0.15) is 38.8 Å². The summed E-state index contributed by atoms with van der Waals surface area (Å²) in [6.45, 7) is 7.39. The van der Waals surface area contributed by atoms with E-state index in [0.29, 0.717) is 0 Å². The van der Waals surface area contributed by atoms with Crippen LogP contribution in [0.4, 0.5) is 0 Å². The van der Waals surface area contributed by atoms with Crippen molar-refractivity contribution in [3.05, 3.63) is 35.9 Å². The SMILES string of the molecule is CC(c1ccccc1)N1C[C@H]2CC(C)(C)[C@@H]1C(=O)O2. The number of esters is 1. The highest BCUT2D eigenvalue weighted by Crippen LogP contribution is 2.44. The lowest BCUT2D eigenvalue weighted by Gasteiger charge is -2.54. The van der Waals surface area contributed by atoms with Crippen LogP contribution >= 0.6 is 0 Å². The number of carbonyl (C=O) groups is 1. The number of carbonyl (C=O) groups excluding carboxylic acids is 1. The van der Waals surface area contributed by atoms with Crippen molar-refractivity contribution in [3.8, 4) is 0 Å². The van der Waals surface area contributed by atoms with Gasteiger partial charge in [-0.2, -0.15) is 0 Å². The Morgan fingerprint density at radius 1 is 1.32 bits per heavy atom. The van der Waals surface area contributed by atoms with Crippen molar-refractivity contribution in [1.82, 2.24) is 4.90 Å². The third kappa shape index (κ3) is 2.06. The first-order valence-electron chi connectivity index (χ1n) is 7.00. The number of rotatable bonds is 2. The minimum absolute atomic E-state index is 0.00128. The lowest BCUT2D eigenvalue weighted by atomic mass is 9.72. The molecule has 0 spiro atoms. The normalized spacial score (nSPS) is 31.0. The molecule has 3 fully saturated rings. The molecule has 1 unspecified atom stereocenters. The second-order valence-corrected chi connectivity index (χ2v) is 6.44. The third-order valence-corrected chi connectivity index (χ3v) is 4.53. The average molecular weight is 259 g/mol. The quantitative estimate of drug-likeness (QED) is 0.765. The van der Waals surface area contributed by atoms with Crippen LogP contribution in [0.2, 0.25) is 0 Å². The maximum atomic E-state index is 12.2. The van der Waals surface area contributed by atoms with Crippen molar-refractivity contribution in [3.63, 3.8) is 0 Å². The summed E-state index contributed by atoms with van der Waals surface area (Å²) in [4.78, 5) is 14.5. The van der Waals surface area contributed by atoms with E-state index in [1.54, 1.807) is 0 Å². The molecule has 3 nitrogen and oxygen atoms in total. The zero-order valence-electron chi connectivity index (χ0n) is 11.8. The molecule has 0 N–H and O–H groups in total. The highest BCUT2D eigenvalue weighted by Gasteiger charge is 2.53. The van der Waals surface area contributed by atoms with Gasteiger partial charge in [0.1, 0.15) is 12.1 Å². The van der Waals surface area contributed by atoms with Gasteiger partial charge in [0.25, 0.3) is 0 Å². The maximum absolute atomic E-state index is 12.2. The fourth-order valence-electron chi connectivity index (χ4n) is 3.62. The van der Waals surface area contributed by atoms with Gasteiger partial charge in [0, 0.05) is 12.6 Å². The van der Waals surface area contributed by atoms with Gasteiger partial charge in [-0.3, -0.25) is 9.69 Å². The standard InChI is InChI=1S/C16H21NO2/c1-11(12-7-5-4-6-8-12)17-10-13-9-16(2,3)14(17)15(18)19-13/h4-8,11,13-14H,9-10H2,1-3H3/t11?,13-,14+/m1/s1. The van der Waals surface area contributed by atoms with Crippen LogP contribution in [0, 0.1) is 5.41 Å². The summed E-state index contributed by atoms with van der Waals surface area (Å²) in [5, 5.41) is 0. The van der Waals surface area contributed by atoms with E-state index < -0.39 is 0 Å². The minimum Gasteiger partial charge on any atom is -0.460 e. The largest absolute Gasteiger partial charge is 0.460 e. The number of benzene rings is 1. The Kier molecular flexibility index (Phi) is 2.90. The molecule has 0 amide bonds. The Morgan fingerprint density at radius 2 is 2.00 bits per heavy atom. The molecule has 102 valence electrons. The van der Waals surface area contributed by atoms with Crippen molar-refractivity contribution in [2.24, 2.45) is 5.41 Å². The molecule has 3 aliphatic rings. The van der Waals surface area contributed by atoms with E-state index >= 15 is 0 Å². The smallest absolute Gasteiger partial charge is 0.324 e. The predicted molar refractivity (Wildman–Crippen MR) is 73.6 cm³/mol. The second-order valence-electron chi connectivity index (χ2n) is 6.44. The van der Waals surface area contributed by atoms with Crippen molar-refractivity contribution in [2.75, 3.05) is 6.54 Å². The molecule has 4 rings (SSSR count). The predicted octanol–water partition coefficient (Wildman–Crippen LogP) is 2.77. The summed E-state index contributed by atoms with van der Waals surface area (Å²) in [5.41, 5.74) is 1.26. The number of ether oxygens (including phenoxy) is 1. The Morgan fingerprint density at radius 3 is 2.58 bits per heavy atom. The molecule has 3 aliphatic heterocycles. The maximum Gasteiger partial charge on any atom is 0.324 e. The lowest BCUT2D eigenvalue weighted by molar-refractivity contribution is -0.197. The van der Waals surface area contributed by atoms with Gasteiger partial charge in [-0.25, -0.2) is 0 Å². The molecule has 3 heterocycles. The van der Waals surface area contributed by atoms with E-state index in [1.807, 2.05) is 6.07 Å². The first-order chi connectivity index (χ1) is 8.99. The lowest BCUT2D eigenvalue weighted by Crippen LogP contribution is -2.65. The first-order valence-corrected chi connectivity index (χ1v) is 7.00. The Bertz CT molecular complexity index is 483. The Balaban J connectivity index is 1.91. The molecule has 0 aliphatic carbocycles. The van der Waals surface area contributed by atoms with Crippen molar-refractivity contribution in [2.45, 2.75) is 45.4 Å². The summed E-state index contributed by atoms with van der Waals surface area (Å²) in [7, 11) is 0. The van der Waals surface area contributed by atoms with Crippen LogP contribution in [0.5, 0.6) is 0 Å². The van der Waals surface area contributed by atoms with Crippen molar-refractivity contribution in [1.29, 1.82) is 0 Å². The number of piperidine rings is 1. The number of fused-ring (bicyclic) bond motifs is 3. The summed E-state index contributed by atoms with van der Waals surface area (Å²) in [6, 6.07) is 10.5. The molecule has 0 aromatic heterocycles.